The predicted octanol–water partition coefficient (Wildman–Crippen LogP) is 2.22. The van der Waals surface area contributed by atoms with Crippen molar-refractivity contribution in [2.75, 3.05) is 11.4 Å². The fourth-order valence-electron chi connectivity index (χ4n) is 4.00. The van der Waals surface area contributed by atoms with Gasteiger partial charge in [-0.1, -0.05) is 18.2 Å². The fourth-order valence-corrected chi connectivity index (χ4v) is 4.00. The van der Waals surface area contributed by atoms with Gasteiger partial charge in [0, 0.05) is 6.54 Å². The number of likely N-dealkylation sites (tertiary alicyclic amines) is 1. The summed E-state index contributed by atoms with van der Waals surface area (Å²) >= 11 is 0. The maximum Gasteiger partial charge on any atom is 0.410 e. The van der Waals surface area contributed by atoms with Crippen LogP contribution in [0.1, 0.15) is 27.2 Å². The van der Waals surface area contributed by atoms with E-state index < -0.39 is 17.7 Å². The maximum absolute atomic E-state index is 12.9. The Morgan fingerprint density at radius 2 is 1.84 bits per heavy atom. The Bertz CT molecular complexity index is 742. The zero-order chi connectivity index (χ0) is 17.9. The van der Waals surface area contributed by atoms with E-state index in [4.69, 9.17) is 4.74 Å². The van der Waals surface area contributed by atoms with Gasteiger partial charge < -0.3 is 14.5 Å². The molecule has 25 heavy (non-hydrogen) atoms. The molecule has 3 atom stereocenters. The maximum atomic E-state index is 12.9. The first-order chi connectivity index (χ1) is 11.8. The molecule has 0 aliphatic carbocycles. The molecular formula is C18H21N3O4. The Morgan fingerprint density at radius 3 is 2.48 bits per heavy atom. The summed E-state index contributed by atoms with van der Waals surface area (Å²) in [6.07, 6.45) is 0.211. The molecule has 0 saturated carbocycles. The number of urea groups is 1. The van der Waals surface area contributed by atoms with Crippen molar-refractivity contribution in [1.82, 2.24) is 9.80 Å². The number of carbonyl (C=O) groups is 3. The second kappa shape index (κ2) is 5.21. The fraction of sp³-hybridized carbons (Fsp3) is 0.500. The third kappa shape index (κ3) is 2.37. The summed E-state index contributed by atoms with van der Waals surface area (Å²) in [6, 6.07) is 7.55. The van der Waals surface area contributed by atoms with Crippen LogP contribution in [-0.2, 0) is 9.53 Å². The number of imide groups is 1. The highest BCUT2D eigenvalue weighted by molar-refractivity contribution is 6.22. The van der Waals surface area contributed by atoms with Crippen LogP contribution in [0.15, 0.2) is 30.3 Å². The molecule has 4 amide bonds. The minimum Gasteiger partial charge on any atom is -0.444 e. The van der Waals surface area contributed by atoms with Crippen LogP contribution in [0.4, 0.5) is 15.3 Å². The molecule has 3 aliphatic rings. The lowest BCUT2D eigenvalue weighted by atomic mass is 10.1. The highest BCUT2D eigenvalue weighted by atomic mass is 16.6. The van der Waals surface area contributed by atoms with E-state index >= 15 is 0 Å². The van der Waals surface area contributed by atoms with E-state index in [9.17, 15) is 14.4 Å². The number of para-hydroxylation sites is 1. The molecule has 0 N–H and O–H groups in total. The van der Waals surface area contributed by atoms with Crippen LogP contribution in [0.2, 0.25) is 0 Å². The molecule has 7 heteroatoms. The molecule has 2 bridgehead atoms. The number of benzene rings is 1. The molecule has 4 rings (SSSR count). The van der Waals surface area contributed by atoms with Gasteiger partial charge in [0.15, 0.2) is 0 Å². The van der Waals surface area contributed by atoms with Gasteiger partial charge in [0.2, 0.25) is 0 Å². The predicted molar refractivity (Wildman–Crippen MR) is 90.1 cm³/mol. The molecule has 0 radical (unpaired) electrons. The summed E-state index contributed by atoms with van der Waals surface area (Å²) in [6.45, 7) is 5.85. The molecule has 1 aromatic rings. The van der Waals surface area contributed by atoms with Gasteiger partial charge in [-0.25, -0.2) is 14.5 Å². The first-order valence-corrected chi connectivity index (χ1v) is 8.49. The highest BCUT2D eigenvalue weighted by Gasteiger charge is 2.63. The minimum absolute atomic E-state index is 0.132. The first-order valence-electron chi connectivity index (χ1n) is 8.49. The van der Waals surface area contributed by atoms with Crippen LogP contribution in [0, 0.1) is 0 Å². The molecule has 7 nitrogen and oxygen atoms in total. The van der Waals surface area contributed by atoms with Gasteiger partial charge in [-0.15, -0.1) is 0 Å². The molecule has 132 valence electrons. The lowest BCUT2D eigenvalue weighted by Crippen LogP contribution is -2.55. The van der Waals surface area contributed by atoms with Crippen molar-refractivity contribution in [2.45, 2.75) is 50.9 Å². The Morgan fingerprint density at radius 1 is 1.16 bits per heavy atom. The summed E-state index contributed by atoms with van der Waals surface area (Å²) in [7, 11) is 0. The average Bonchev–Trinajstić information content (AvgIpc) is 3.18. The van der Waals surface area contributed by atoms with Crippen LogP contribution >= 0.6 is 0 Å². The highest BCUT2D eigenvalue weighted by Crippen LogP contribution is 2.42. The molecule has 3 aliphatic heterocycles. The van der Waals surface area contributed by atoms with Crippen molar-refractivity contribution < 1.29 is 19.1 Å². The Labute approximate surface area is 146 Å². The number of piperazine rings is 1. The summed E-state index contributed by atoms with van der Waals surface area (Å²) in [5, 5.41) is 0. The number of amides is 4. The summed E-state index contributed by atoms with van der Waals surface area (Å²) in [5.74, 6) is -0.267. The molecule has 3 fully saturated rings. The SMILES string of the molecule is CC(C)(C)OC(=O)N1CC2CC1[C@@H]1C(=O)N(c3ccccc3)C(=O)N21. The van der Waals surface area contributed by atoms with Crippen molar-refractivity contribution in [2.24, 2.45) is 0 Å². The van der Waals surface area contributed by atoms with Crippen molar-refractivity contribution in [1.29, 1.82) is 0 Å². The third-order valence-corrected chi connectivity index (χ3v) is 4.91. The van der Waals surface area contributed by atoms with Gasteiger partial charge in [-0.2, -0.15) is 0 Å². The number of hydrogen-bond acceptors (Lipinski definition) is 4. The molecule has 3 heterocycles. The topological polar surface area (TPSA) is 70.2 Å². The van der Waals surface area contributed by atoms with Crippen LogP contribution < -0.4 is 4.90 Å². The standard InChI is InChI=1S/C18H21N3O4/c1-18(2,3)25-17(24)19-10-12-9-13(19)14-15(22)21(16(23)20(12)14)11-7-5-4-6-8-11/h4-8,12-14H,9-10H2,1-3H3/t12?,13?,14-/m1/s1. The van der Waals surface area contributed by atoms with Gasteiger partial charge in [-0.05, 0) is 39.3 Å². The normalized spacial score (nSPS) is 28.0. The number of fused-ring (bicyclic) bond motifs is 5. The largest absolute Gasteiger partial charge is 0.444 e. The van der Waals surface area contributed by atoms with Crippen molar-refractivity contribution >= 4 is 23.7 Å². The van der Waals surface area contributed by atoms with Crippen molar-refractivity contribution in [3.63, 3.8) is 0 Å². The summed E-state index contributed by atoms with van der Waals surface area (Å²) < 4.78 is 5.45. The molecule has 3 saturated heterocycles. The van der Waals surface area contributed by atoms with E-state index in [0.717, 1.165) is 0 Å². The molecule has 1 aromatic carbocycles. The number of rotatable bonds is 1. The summed E-state index contributed by atoms with van der Waals surface area (Å²) in [5.41, 5.74) is -0.0281. The quantitative estimate of drug-likeness (QED) is 0.733. The number of ether oxygens (including phenoxy) is 1. The number of anilines is 1. The second-order valence-electron chi connectivity index (χ2n) is 7.73. The lowest BCUT2D eigenvalue weighted by Gasteiger charge is -2.35. The van der Waals surface area contributed by atoms with E-state index in [1.807, 2.05) is 26.8 Å². The minimum atomic E-state index is -0.612. The average molecular weight is 343 g/mol. The third-order valence-electron chi connectivity index (χ3n) is 4.91. The van der Waals surface area contributed by atoms with E-state index in [1.165, 1.54) is 4.90 Å². The monoisotopic (exact) mass is 343 g/mol. The second-order valence-corrected chi connectivity index (χ2v) is 7.73. The number of nitrogens with zero attached hydrogens (tertiary/aromatic N) is 3. The molecule has 2 unspecified atom stereocenters. The Kier molecular flexibility index (Phi) is 3.32. The molecule has 0 spiro atoms. The van der Waals surface area contributed by atoms with Gasteiger partial charge in [-0.3, -0.25) is 4.79 Å². The zero-order valence-corrected chi connectivity index (χ0v) is 14.5. The van der Waals surface area contributed by atoms with Crippen LogP contribution in [-0.4, -0.2) is 58.1 Å². The lowest BCUT2D eigenvalue weighted by molar-refractivity contribution is -0.121. The Balaban J connectivity index is 1.60. The van der Waals surface area contributed by atoms with Crippen LogP contribution in [0.25, 0.3) is 0 Å². The van der Waals surface area contributed by atoms with Gasteiger partial charge in [0.05, 0.1) is 17.8 Å². The van der Waals surface area contributed by atoms with Crippen molar-refractivity contribution in [3.05, 3.63) is 30.3 Å². The summed E-state index contributed by atoms with van der Waals surface area (Å²) in [4.78, 5) is 42.6. The first kappa shape index (κ1) is 15.9. The van der Waals surface area contributed by atoms with E-state index in [1.54, 1.807) is 34.1 Å². The van der Waals surface area contributed by atoms with Gasteiger partial charge in [0.25, 0.3) is 5.91 Å². The Hall–Kier alpha value is -2.57. The van der Waals surface area contributed by atoms with E-state index in [0.29, 0.717) is 18.7 Å². The molecule has 0 aromatic heterocycles. The van der Waals surface area contributed by atoms with Gasteiger partial charge >= 0.3 is 12.1 Å². The number of hydrogen-bond donors (Lipinski definition) is 0. The van der Waals surface area contributed by atoms with Crippen LogP contribution in [0.3, 0.4) is 0 Å². The number of carbonyl (C=O) groups excluding carboxylic acids is 3. The molecular weight excluding hydrogens is 322 g/mol. The van der Waals surface area contributed by atoms with Crippen LogP contribution in [0.5, 0.6) is 0 Å². The smallest absolute Gasteiger partial charge is 0.410 e. The van der Waals surface area contributed by atoms with Gasteiger partial charge in [0.1, 0.15) is 11.6 Å². The van der Waals surface area contributed by atoms with E-state index in [-0.39, 0.29) is 24.0 Å². The van der Waals surface area contributed by atoms with E-state index in [2.05, 4.69) is 0 Å². The van der Waals surface area contributed by atoms with Crippen molar-refractivity contribution in [3.8, 4) is 0 Å². The zero-order valence-electron chi connectivity index (χ0n) is 14.5.